The highest BCUT2D eigenvalue weighted by Gasteiger charge is 2.77. The lowest BCUT2D eigenvalue weighted by atomic mass is 9.63. The van der Waals surface area contributed by atoms with Crippen LogP contribution in [0.5, 0.6) is 0 Å². The zero-order valence-corrected chi connectivity index (χ0v) is 19.0. The predicted molar refractivity (Wildman–Crippen MR) is 114 cm³/mol. The summed E-state index contributed by atoms with van der Waals surface area (Å²) < 4.78 is 4.23. The molecule has 0 aromatic heterocycles. The van der Waals surface area contributed by atoms with Crippen molar-refractivity contribution in [3.63, 3.8) is 0 Å². The molecule has 14 heteroatoms. The third-order valence-electron chi connectivity index (χ3n) is 5.63. The summed E-state index contributed by atoms with van der Waals surface area (Å²) in [5, 5.41) is 6.45. The molecule has 0 radical (unpaired) electrons. The first-order valence-electron chi connectivity index (χ1n) is 9.65. The molecule has 3 atom stereocenters. The molecule has 31 heavy (non-hydrogen) atoms. The highest BCUT2D eigenvalue weighted by atomic mass is 32.2. The number of thioether (sulfide) groups is 1. The van der Waals surface area contributed by atoms with Gasteiger partial charge in [0, 0.05) is 40.7 Å². The number of carbonyl (C=O) groups is 3. The van der Waals surface area contributed by atoms with Crippen LogP contribution in [0.2, 0.25) is 0 Å². The molecule has 3 amide bonds. The minimum absolute atomic E-state index is 0.0249. The number of amides is 3. The molecule has 2 fully saturated rings. The number of nitrogens with zero attached hydrogens (tertiary/aromatic N) is 8. The molecule has 0 bridgehead atoms. The fourth-order valence-electron chi connectivity index (χ4n) is 4.73. The van der Waals surface area contributed by atoms with Crippen molar-refractivity contribution in [3.8, 4) is 0 Å². The minimum Gasteiger partial charge on any atom is -0.433 e. The van der Waals surface area contributed by atoms with Gasteiger partial charge >= 0.3 is 6.09 Å². The SMILES string of the molecule is CC(C)(C)[C@@]1(C(=O)N(CCN=[N+]=[N-])CCN=[N+]=[N-])N2C(=O)[C@@H](OC(N)=O)[C@H]2SC1(C)C. The van der Waals surface area contributed by atoms with Gasteiger partial charge in [-0.2, -0.15) is 0 Å². The van der Waals surface area contributed by atoms with Gasteiger partial charge in [0.25, 0.3) is 11.8 Å². The first-order valence-corrected chi connectivity index (χ1v) is 10.5. The van der Waals surface area contributed by atoms with E-state index in [9.17, 15) is 14.4 Å². The third-order valence-corrected chi connectivity index (χ3v) is 7.22. The smallest absolute Gasteiger partial charge is 0.405 e. The van der Waals surface area contributed by atoms with Gasteiger partial charge in [-0.25, -0.2) is 4.79 Å². The summed E-state index contributed by atoms with van der Waals surface area (Å²) in [4.78, 5) is 46.8. The molecule has 2 heterocycles. The average molecular weight is 454 g/mol. The molecule has 2 aliphatic rings. The quantitative estimate of drug-likeness (QED) is 0.255. The number of nitrogens with two attached hydrogens (primary N) is 1. The number of primary amides is 1. The summed E-state index contributed by atoms with van der Waals surface area (Å²) >= 11 is 1.37. The van der Waals surface area contributed by atoms with Gasteiger partial charge in [0.05, 0.1) is 0 Å². The van der Waals surface area contributed by atoms with Crippen LogP contribution in [0, 0.1) is 5.41 Å². The molecule has 13 nitrogen and oxygen atoms in total. The molecule has 0 aromatic rings. The van der Waals surface area contributed by atoms with Crippen LogP contribution in [-0.2, 0) is 14.3 Å². The van der Waals surface area contributed by atoms with Gasteiger partial charge in [-0.15, -0.1) is 11.8 Å². The van der Waals surface area contributed by atoms with E-state index in [1.54, 1.807) is 0 Å². The normalized spacial score (nSPS) is 26.1. The van der Waals surface area contributed by atoms with Crippen molar-refractivity contribution in [2.24, 2.45) is 21.4 Å². The fourth-order valence-corrected chi connectivity index (χ4v) is 6.66. The number of rotatable bonds is 8. The average Bonchev–Trinajstić information content (AvgIpc) is 2.89. The maximum absolute atomic E-state index is 14.1. The molecular weight excluding hydrogens is 426 g/mol. The van der Waals surface area contributed by atoms with Crippen LogP contribution in [0.3, 0.4) is 0 Å². The molecule has 2 saturated heterocycles. The zero-order chi connectivity index (χ0) is 23.6. The van der Waals surface area contributed by atoms with Crippen LogP contribution < -0.4 is 5.73 Å². The van der Waals surface area contributed by atoms with Crippen molar-refractivity contribution in [2.45, 2.75) is 56.4 Å². The van der Waals surface area contributed by atoms with E-state index in [0.29, 0.717) is 0 Å². The van der Waals surface area contributed by atoms with E-state index in [1.807, 2.05) is 34.6 Å². The summed E-state index contributed by atoms with van der Waals surface area (Å²) in [5.41, 5.74) is 20.3. The number of fused-ring (bicyclic) bond motifs is 1. The van der Waals surface area contributed by atoms with Gasteiger partial charge in [-0.3, -0.25) is 9.59 Å². The van der Waals surface area contributed by atoms with Gasteiger partial charge in [-0.05, 0) is 30.3 Å². The second kappa shape index (κ2) is 8.74. The van der Waals surface area contributed by atoms with Crippen LogP contribution >= 0.6 is 11.8 Å². The second-order valence-corrected chi connectivity index (χ2v) is 10.5. The van der Waals surface area contributed by atoms with Crippen LogP contribution in [-0.4, -0.2) is 75.7 Å². The van der Waals surface area contributed by atoms with Crippen molar-refractivity contribution in [2.75, 3.05) is 26.2 Å². The predicted octanol–water partition coefficient (Wildman–Crippen LogP) is 2.38. The van der Waals surface area contributed by atoms with Crippen molar-refractivity contribution in [3.05, 3.63) is 20.9 Å². The Balaban J connectivity index is 2.54. The van der Waals surface area contributed by atoms with Crippen LogP contribution in [0.4, 0.5) is 4.79 Å². The van der Waals surface area contributed by atoms with Gasteiger partial charge in [0.2, 0.25) is 6.10 Å². The van der Waals surface area contributed by atoms with Crippen LogP contribution in [0.25, 0.3) is 20.9 Å². The van der Waals surface area contributed by atoms with E-state index in [4.69, 9.17) is 21.5 Å². The summed E-state index contributed by atoms with van der Waals surface area (Å²) in [6, 6.07) is 0. The van der Waals surface area contributed by atoms with Crippen molar-refractivity contribution < 1.29 is 19.1 Å². The Hall–Kier alpha value is -2.82. The lowest BCUT2D eigenvalue weighted by molar-refractivity contribution is -0.187. The summed E-state index contributed by atoms with van der Waals surface area (Å²) in [5.74, 6) is -0.845. The molecule has 2 aliphatic heterocycles. The Morgan fingerprint density at radius 3 is 2.16 bits per heavy atom. The summed E-state index contributed by atoms with van der Waals surface area (Å²) in [7, 11) is 0. The number of azide groups is 2. The van der Waals surface area contributed by atoms with E-state index < -0.39 is 39.2 Å². The molecule has 2 rings (SSSR count). The number of ether oxygens (including phenoxy) is 1. The number of hydrogen-bond donors (Lipinski definition) is 1. The molecule has 2 N–H and O–H groups in total. The standard InChI is InChI=1S/C17H27N9O4S/c1-15(2,3)17(13(28)25(8-6-21-23-19)9-7-22-24-20)16(4,5)31-12-10(30-14(18)29)11(27)26(12)17/h10,12H,6-9H2,1-5H3,(H2,18,29)/t10-,12-,17-/m1/s1. The summed E-state index contributed by atoms with van der Waals surface area (Å²) in [6.45, 7) is 9.57. The van der Waals surface area contributed by atoms with Gasteiger partial charge < -0.3 is 20.3 Å². The van der Waals surface area contributed by atoms with E-state index in [-0.39, 0.29) is 32.1 Å². The lowest BCUT2D eigenvalue weighted by Gasteiger charge is -2.57. The number of hydrogen-bond acceptors (Lipinski definition) is 7. The highest BCUT2D eigenvalue weighted by molar-refractivity contribution is 8.01. The van der Waals surface area contributed by atoms with Crippen molar-refractivity contribution >= 4 is 29.7 Å². The van der Waals surface area contributed by atoms with Gasteiger partial charge in [0.1, 0.15) is 10.9 Å². The van der Waals surface area contributed by atoms with Crippen LogP contribution in [0.1, 0.15) is 34.6 Å². The lowest BCUT2D eigenvalue weighted by Crippen LogP contribution is -2.78. The number of β-lactam (4-membered cyclic amide) rings is 1. The third kappa shape index (κ3) is 3.93. The van der Waals surface area contributed by atoms with E-state index in [2.05, 4.69) is 20.1 Å². The van der Waals surface area contributed by atoms with E-state index in [1.165, 1.54) is 21.6 Å². The van der Waals surface area contributed by atoms with Crippen molar-refractivity contribution in [1.29, 1.82) is 0 Å². The molecular formula is C17H27N9O4S. The zero-order valence-electron chi connectivity index (χ0n) is 18.2. The molecule has 0 saturated carbocycles. The largest absolute Gasteiger partial charge is 0.433 e. The summed E-state index contributed by atoms with van der Waals surface area (Å²) in [6.07, 6.45) is -2.11. The topological polar surface area (TPSA) is 190 Å². The second-order valence-electron chi connectivity index (χ2n) is 8.75. The van der Waals surface area contributed by atoms with Crippen LogP contribution in [0.15, 0.2) is 10.2 Å². The maximum atomic E-state index is 14.1. The first-order chi connectivity index (χ1) is 14.4. The number of carbonyl (C=O) groups excluding carboxylic acids is 3. The molecule has 170 valence electrons. The van der Waals surface area contributed by atoms with E-state index >= 15 is 0 Å². The molecule has 0 aliphatic carbocycles. The monoisotopic (exact) mass is 453 g/mol. The van der Waals surface area contributed by atoms with Crippen molar-refractivity contribution in [1.82, 2.24) is 9.80 Å². The Bertz CT molecular complexity index is 838. The molecule has 0 aromatic carbocycles. The van der Waals surface area contributed by atoms with Gasteiger partial charge in [-0.1, -0.05) is 31.0 Å². The molecule has 0 unspecified atom stereocenters. The first kappa shape index (κ1) is 24.4. The highest BCUT2D eigenvalue weighted by Crippen LogP contribution is 2.63. The van der Waals surface area contributed by atoms with E-state index in [0.717, 1.165) is 0 Å². The fraction of sp³-hybridized carbons (Fsp3) is 0.824. The Morgan fingerprint density at radius 2 is 1.74 bits per heavy atom. The van der Waals surface area contributed by atoms with Gasteiger partial charge in [0.15, 0.2) is 0 Å². The minimum atomic E-state index is -1.31. The Morgan fingerprint density at radius 1 is 1.23 bits per heavy atom. The molecule has 0 spiro atoms. The Labute approximate surface area is 183 Å². The maximum Gasteiger partial charge on any atom is 0.405 e. The Kier molecular flexibility index (Phi) is 6.89.